The van der Waals surface area contributed by atoms with Crippen molar-refractivity contribution in [2.24, 2.45) is 0 Å². The Balaban J connectivity index is 1.47. The fraction of sp³-hybridized carbons (Fsp3) is 0.444. The van der Waals surface area contributed by atoms with Crippen LogP contribution < -0.4 is 4.90 Å². The van der Waals surface area contributed by atoms with E-state index in [-0.39, 0.29) is 11.9 Å². The lowest BCUT2D eigenvalue weighted by molar-refractivity contribution is 0.285. The van der Waals surface area contributed by atoms with Crippen molar-refractivity contribution < 1.29 is 12.8 Å². The van der Waals surface area contributed by atoms with Crippen molar-refractivity contribution in [3.05, 3.63) is 36.3 Å². The van der Waals surface area contributed by atoms with Crippen LogP contribution in [0.5, 0.6) is 0 Å². The van der Waals surface area contributed by atoms with E-state index in [0.717, 1.165) is 47.3 Å². The van der Waals surface area contributed by atoms with Gasteiger partial charge in [-0.05, 0) is 37.1 Å². The Morgan fingerprint density at radius 3 is 2.50 bits per heavy atom. The lowest BCUT2D eigenvalue weighted by atomic mass is 10.1. The van der Waals surface area contributed by atoms with Gasteiger partial charge in [0.1, 0.15) is 5.82 Å². The predicted molar refractivity (Wildman–Crippen MR) is 109 cm³/mol. The number of piperidine rings is 1. The van der Waals surface area contributed by atoms with Gasteiger partial charge < -0.3 is 4.90 Å². The van der Waals surface area contributed by atoms with Gasteiger partial charge in [-0.1, -0.05) is 18.3 Å². The molecule has 4 rings (SSSR count). The first kappa shape index (κ1) is 19.3. The fourth-order valence-electron chi connectivity index (χ4n) is 3.69. The standard InChI is InChI=1S/C18H22FN5O2S2/c1-3-24(28(2,25)26)15-8-10-22(11-9-15)18-21-23-12-16(20-17(23)27-18)13-4-6-14(19)7-5-13/h4-7,12,15H,3,8-11H2,1-2H3. The molecule has 1 saturated heterocycles. The van der Waals surface area contributed by atoms with Gasteiger partial charge in [-0.15, -0.1) is 5.10 Å². The maximum Gasteiger partial charge on any atom is 0.214 e. The molecule has 1 fully saturated rings. The minimum atomic E-state index is -3.18. The molecule has 0 radical (unpaired) electrons. The molecule has 3 aromatic rings. The summed E-state index contributed by atoms with van der Waals surface area (Å²) in [4.78, 5) is 7.56. The fourth-order valence-corrected chi connectivity index (χ4v) is 5.84. The summed E-state index contributed by atoms with van der Waals surface area (Å²) >= 11 is 1.50. The van der Waals surface area contributed by atoms with Gasteiger partial charge in [-0.2, -0.15) is 4.31 Å². The zero-order valence-corrected chi connectivity index (χ0v) is 17.4. The summed E-state index contributed by atoms with van der Waals surface area (Å²) in [5, 5.41) is 5.51. The first-order valence-corrected chi connectivity index (χ1v) is 11.9. The molecule has 0 unspecified atom stereocenters. The summed E-state index contributed by atoms with van der Waals surface area (Å²) in [7, 11) is -3.18. The SMILES string of the molecule is CCN(C1CCN(c2nn3cc(-c4ccc(F)cc4)nc3s2)CC1)S(C)(=O)=O. The van der Waals surface area contributed by atoms with Crippen LogP contribution in [0.3, 0.4) is 0 Å². The highest BCUT2D eigenvalue weighted by atomic mass is 32.2. The molecular formula is C18H22FN5O2S2. The number of benzene rings is 1. The van der Waals surface area contributed by atoms with Crippen LogP contribution in [0.2, 0.25) is 0 Å². The summed E-state index contributed by atoms with van der Waals surface area (Å²) < 4.78 is 40.3. The summed E-state index contributed by atoms with van der Waals surface area (Å²) in [5.41, 5.74) is 1.61. The molecule has 0 N–H and O–H groups in total. The zero-order chi connectivity index (χ0) is 19.9. The van der Waals surface area contributed by atoms with Crippen LogP contribution in [0, 0.1) is 5.82 Å². The van der Waals surface area contributed by atoms with Gasteiger partial charge in [0.15, 0.2) is 0 Å². The van der Waals surface area contributed by atoms with Gasteiger partial charge in [-0.25, -0.2) is 22.3 Å². The summed E-state index contributed by atoms with van der Waals surface area (Å²) in [6, 6.07) is 6.29. The van der Waals surface area contributed by atoms with Crippen LogP contribution in [-0.2, 0) is 10.0 Å². The molecule has 150 valence electrons. The average molecular weight is 424 g/mol. The van der Waals surface area contributed by atoms with E-state index in [2.05, 4.69) is 15.0 Å². The minimum absolute atomic E-state index is 0.0466. The van der Waals surface area contributed by atoms with E-state index in [9.17, 15) is 12.8 Å². The Labute approximate surface area is 167 Å². The molecule has 0 bridgehead atoms. The van der Waals surface area contributed by atoms with E-state index in [0.29, 0.717) is 6.54 Å². The number of imidazole rings is 1. The van der Waals surface area contributed by atoms with Crippen molar-refractivity contribution in [2.75, 3.05) is 30.8 Å². The van der Waals surface area contributed by atoms with Crippen LogP contribution in [0.1, 0.15) is 19.8 Å². The second-order valence-corrected chi connectivity index (χ2v) is 9.80. The normalized spacial score (nSPS) is 16.4. The molecule has 2 aromatic heterocycles. The molecule has 1 aliphatic heterocycles. The van der Waals surface area contributed by atoms with Crippen molar-refractivity contribution in [3.8, 4) is 11.3 Å². The smallest absolute Gasteiger partial charge is 0.214 e. The van der Waals surface area contributed by atoms with Gasteiger partial charge in [0.05, 0.1) is 18.1 Å². The quantitative estimate of drug-likeness (QED) is 0.631. The molecule has 28 heavy (non-hydrogen) atoms. The van der Waals surface area contributed by atoms with Gasteiger partial charge in [0, 0.05) is 31.2 Å². The number of halogens is 1. The Morgan fingerprint density at radius 2 is 1.93 bits per heavy atom. The monoisotopic (exact) mass is 423 g/mol. The molecule has 7 nitrogen and oxygen atoms in total. The van der Waals surface area contributed by atoms with E-state index in [1.54, 1.807) is 21.0 Å². The number of anilines is 1. The molecule has 0 atom stereocenters. The van der Waals surface area contributed by atoms with E-state index < -0.39 is 10.0 Å². The largest absolute Gasteiger partial charge is 0.347 e. The predicted octanol–water partition coefficient (Wildman–Crippen LogP) is 2.85. The van der Waals surface area contributed by atoms with Gasteiger partial charge >= 0.3 is 0 Å². The Hall–Kier alpha value is -2.04. The van der Waals surface area contributed by atoms with Crippen LogP contribution in [0.4, 0.5) is 9.52 Å². The molecule has 1 aromatic carbocycles. The van der Waals surface area contributed by atoms with Crippen molar-refractivity contribution >= 4 is 31.5 Å². The second-order valence-electron chi connectivity index (χ2n) is 6.93. The van der Waals surface area contributed by atoms with E-state index in [4.69, 9.17) is 0 Å². The van der Waals surface area contributed by atoms with Gasteiger partial charge in [0.25, 0.3) is 0 Å². The van der Waals surface area contributed by atoms with Gasteiger partial charge in [0.2, 0.25) is 20.1 Å². The zero-order valence-electron chi connectivity index (χ0n) is 15.7. The summed E-state index contributed by atoms with van der Waals surface area (Å²) in [6.07, 6.45) is 4.68. The average Bonchev–Trinajstić information content (AvgIpc) is 3.21. The Morgan fingerprint density at radius 1 is 1.25 bits per heavy atom. The highest BCUT2D eigenvalue weighted by Crippen LogP contribution is 2.29. The third-order valence-electron chi connectivity index (χ3n) is 5.05. The van der Waals surface area contributed by atoms with Crippen LogP contribution in [0.15, 0.2) is 30.5 Å². The molecule has 0 aliphatic carbocycles. The lowest BCUT2D eigenvalue weighted by Gasteiger charge is -2.36. The minimum Gasteiger partial charge on any atom is -0.347 e. The molecule has 0 saturated carbocycles. The molecule has 0 amide bonds. The summed E-state index contributed by atoms with van der Waals surface area (Å²) in [5.74, 6) is -0.272. The van der Waals surface area contributed by atoms with Crippen LogP contribution in [0.25, 0.3) is 16.2 Å². The van der Waals surface area contributed by atoms with Gasteiger partial charge in [-0.3, -0.25) is 0 Å². The van der Waals surface area contributed by atoms with Crippen molar-refractivity contribution in [2.45, 2.75) is 25.8 Å². The number of nitrogens with zero attached hydrogens (tertiary/aromatic N) is 5. The number of sulfonamides is 1. The van der Waals surface area contributed by atoms with E-state index in [1.807, 2.05) is 13.1 Å². The highest BCUT2D eigenvalue weighted by Gasteiger charge is 2.30. The molecule has 0 spiro atoms. The molecule has 10 heteroatoms. The number of rotatable bonds is 5. The molecule has 3 heterocycles. The lowest BCUT2D eigenvalue weighted by Crippen LogP contribution is -2.47. The Kier molecular flexibility index (Phi) is 5.11. The number of fused-ring (bicyclic) bond motifs is 1. The maximum atomic E-state index is 13.1. The van der Waals surface area contributed by atoms with Crippen molar-refractivity contribution in [1.82, 2.24) is 18.9 Å². The number of aromatic nitrogens is 3. The number of hydrogen-bond donors (Lipinski definition) is 0. The van der Waals surface area contributed by atoms with Crippen LogP contribution >= 0.6 is 11.3 Å². The number of hydrogen-bond acceptors (Lipinski definition) is 6. The van der Waals surface area contributed by atoms with Crippen molar-refractivity contribution in [1.29, 1.82) is 0 Å². The Bertz CT molecular complexity index is 1040. The summed E-state index contributed by atoms with van der Waals surface area (Å²) in [6.45, 7) is 3.90. The highest BCUT2D eigenvalue weighted by molar-refractivity contribution is 7.88. The van der Waals surface area contributed by atoms with Crippen molar-refractivity contribution in [3.63, 3.8) is 0 Å². The molecule has 1 aliphatic rings. The van der Waals surface area contributed by atoms with E-state index in [1.165, 1.54) is 29.7 Å². The third-order valence-corrected chi connectivity index (χ3v) is 7.44. The topological polar surface area (TPSA) is 70.8 Å². The van der Waals surface area contributed by atoms with E-state index >= 15 is 0 Å². The first-order chi connectivity index (χ1) is 13.3. The molecular weight excluding hydrogens is 401 g/mol. The van der Waals surface area contributed by atoms with Crippen LogP contribution in [-0.4, -0.2) is 59.3 Å². The first-order valence-electron chi connectivity index (χ1n) is 9.19. The third kappa shape index (κ3) is 3.76. The second kappa shape index (κ2) is 7.41. The maximum absolute atomic E-state index is 13.1.